The average Bonchev–Trinajstić information content (AvgIpc) is 2.63. The van der Waals surface area contributed by atoms with Gasteiger partial charge in [-0.1, -0.05) is 0 Å². The molecule has 2 heterocycles. The van der Waals surface area contributed by atoms with Crippen LogP contribution in [0.3, 0.4) is 0 Å². The molecule has 1 aliphatic heterocycles. The van der Waals surface area contributed by atoms with Crippen molar-refractivity contribution in [1.29, 1.82) is 0 Å². The van der Waals surface area contributed by atoms with E-state index < -0.39 is 5.97 Å². The first-order chi connectivity index (χ1) is 8.06. The molecule has 5 heteroatoms. The maximum absolute atomic E-state index is 11.1. The van der Waals surface area contributed by atoms with Crippen molar-refractivity contribution in [2.75, 3.05) is 13.1 Å². The summed E-state index contributed by atoms with van der Waals surface area (Å²) in [5.74, 6) is 0.407. The molecule has 1 aliphatic rings. The van der Waals surface area contributed by atoms with E-state index in [1.54, 1.807) is 13.0 Å². The molecule has 0 radical (unpaired) electrons. The van der Waals surface area contributed by atoms with Crippen LogP contribution in [0.4, 0.5) is 0 Å². The number of hydrogen-bond acceptors (Lipinski definition) is 4. The Labute approximate surface area is 99.0 Å². The van der Waals surface area contributed by atoms with Crippen LogP contribution in [0.1, 0.15) is 34.7 Å². The highest BCUT2D eigenvalue weighted by Gasteiger charge is 2.19. The van der Waals surface area contributed by atoms with Crippen molar-refractivity contribution in [2.24, 2.45) is 0 Å². The third-order valence-corrected chi connectivity index (χ3v) is 2.99. The van der Waals surface area contributed by atoms with Crippen LogP contribution in [0.15, 0.2) is 10.5 Å². The van der Waals surface area contributed by atoms with Gasteiger partial charge in [0.15, 0.2) is 0 Å². The van der Waals surface area contributed by atoms with E-state index in [0.29, 0.717) is 36.7 Å². The molecule has 0 saturated carbocycles. The van der Waals surface area contributed by atoms with Gasteiger partial charge in [0.1, 0.15) is 22.9 Å². The molecule has 0 spiro atoms. The van der Waals surface area contributed by atoms with Crippen molar-refractivity contribution >= 4 is 11.8 Å². The summed E-state index contributed by atoms with van der Waals surface area (Å²) in [6, 6.07) is 1.56. The summed E-state index contributed by atoms with van der Waals surface area (Å²) in [7, 11) is 0. The zero-order chi connectivity index (χ0) is 12.4. The molecule has 5 nitrogen and oxygen atoms in total. The van der Waals surface area contributed by atoms with Gasteiger partial charge in [-0.3, -0.25) is 9.69 Å². The molecule has 92 valence electrons. The molecule has 1 aromatic heterocycles. The highest BCUT2D eigenvalue weighted by atomic mass is 16.4. The Morgan fingerprint density at radius 3 is 2.65 bits per heavy atom. The van der Waals surface area contributed by atoms with Gasteiger partial charge in [-0.2, -0.15) is 0 Å². The monoisotopic (exact) mass is 237 g/mol. The van der Waals surface area contributed by atoms with Crippen LogP contribution in [0.5, 0.6) is 0 Å². The lowest BCUT2D eigenvalue weighted by Gasteiger charge is -2.24. The Kier molecular flexibility index (Phi) is 3.28. The number of hydrogen-bond donors (Lipinski definition) is 1. The number of carbonyl (C=O) groups is 2. The molecule has 1 fully saturated rings. The fourth-order valence-corrected chi connectivity index (χ4v) is 2.01. The number of furan rings is 1. The summed E-state index contributed by atoms with van der Waals surface area (Å²) in [5, 5.41) is 8.90. The molecule has 0 aromatic carbocycles. The molecule has 17 heavy (non-hydrogen) atoms. The molecular weight excluding hydrogens is 222 g/mol. The zero-order valence-electron chi connectivity index (χ0n) is 9.73. The van der Waals surface area contributed by atoms with E-state index >= 15 is 0 Å². The summed E-state index contributed by atoms with van der Waals surface area (Å²) in [5.41, 5.74) is 0.216. The third-order valence-electron chi connectivity index (χ3n) is 2.99. The normalized spacial score (nSPS) is 17.4. The number of likely N-dealkylation sites (tertiary alicyclic amines) is 1. The predicted octanol–water partition coefficient (Wildman–Crippen LogP) is 1.45. The fourth-order valence-electron chi connectivity index (χ4n) is 2.01. The maximum Gasteiger partial charge on any atom is 0.339 e. The smallest absolute Gasteiger partial charge is 0.339 e. The van der Waals surface area contributed by atoms with Gasteiger partial charge in [0.05, 0.1) is 6.54 Å². The number of carbonyl (C=O) groups excluding carboxylic acids is 1. The summed E-state index contributed by atoms with van der Waals surface area (Å²) in [4.78, 5) is 24.0. The van der Waals surface area contributed by atoms with Crippen molar-refractivity contribution in [2.45, 2.75) is 26.3 Å². The second-order valence-electron chi connectivity index (χ2n) is 4.30. The minimum atomic E-state index is -0.966. The number of aryl methyl sites for hydroxylation is 1. The van der Waals surface area contributed by atoms with Crippen LogP contribution in [-0.4, -0.2) is 34.8 Å². The fraction of sp³-hybridized carbons (Fsp3) is 0.500. The second-order valence-corrected chi connectivity index (χ2v) is 4.30. The number of carboxylic acids is 1. The van der Waals surface area contributed by atoms with E-state index in [-0.39, 0.29) is 5.56 Å². The number of rotatable bonds is 3. The summed E-state index contributed by atoms with van der Waals surface area (Å²) < 4.78 is 5.40. The van der Waals surface area contributed by atoms with Crippen LogP contribution in [0, 0.1) is 6.92 Å². The highest BCUT2D eigenvalue weighted by Crippen LogP contribution is 2.18. The lowest BCUT2D eigenvalue weighted by Crippen LogP contribution is -2.33. The number of ketones is 1. The molecular formula is C12H15NO4. The highest BCUT2D eigenvalue weighted by molar-refractivity contribution is 5.88. The lowest BCUT2D eigenvalue weighted by molar-refractivity contribution is -0.121. The van der Waals surface area contributed by atoms with Crippen molar-refractivity contribution in [3.8, 4) is 0 Å². The minimum absolute atomic E-state index is 0.216. The number of piperidine rings is 1. The van der Waals surface area contributed by atoms with Gasteiger partial charge in [-0.05, 0) is 13.0 Å². The van der Waals surface area contributed by atoms with Gasteiger partial charge in [-0.25, -0.2) is 4.79 Å². The molecule has 1 saturated heterocycles. The standard InChI is InChI=1S/C12H15NO4/c1-8-11(12(15)16)6-10(17-8)7-13-4-2-9(14)3-5-13/h6H,2-5,7H2,1H3,(H,15,16). The van der Waals surface area contributed by atoms with E-state index in [0.717, 1.165) is 13.1 Å². The van der Waals surface area contributed by atoms with Crippen molar-refractivity contribution in [3.05, 3.63) is 23.2 Å². The van der Waals surface area contributed by atoms with Crippen LogP contribution < -0.4 is 0 Å². The summed E-state index contributed by atoms with van der Waals surface area (Å²) in [6.45, 7) is 3.66. The van der Waals surface area contributed by atoms with E-state index in [9.17, 15) is 9.59 Å². The summed E-state index contributed by atoms with van der Waals surface area (Å²) >= 11 is 0. The third kappa shape index (κ3) is 2.74. The molecule has 1 N–H and O–H groups in total. The minimum Gasteiger partial charge on any atom is -0.478 e. The topological polar surface area (TPSA) is 70.8 Å². The van der Waals surface area contributed by atoms with E-state index in [2.05, 4.69) is 4.90 Å². The molecule has 1 aromatic rings. The molecule has 0 atom stereocenters. The lowest BCUT2D eigenvalue weighted by atomic mass is 10.1. The van der Waals surface area contributed by atoms with Crippen molar-refractivity contribution in [3.63, 3.8) is 0 Å². The maximum atomic E-state index is 11.1. The zero-order valence-corrected chi connectivity index (χ0v) is 9.73. The van der Waals surface area contributed by atoms with Crippen LogP contribution in [-0.2, 0) is 11.3 Å². The van der Waals surface area contributed by atoms with E-state index in [1.165, 1.54) is 0 Å². The largest absolute Gasteiger partial charge is 0.478 e. The first kappa shape index (κ1) is 11.9. The molecule has 2 rings (SSSR count). The molecule has 0 unspecified atom stereocenters. The van der Waals surface area contributed by atoms with Gasteiger partial charge < -0.3 is 9.52 Å². The van der Waals surface area contributed by atoms with Crippen molar-refractivity contribution in [1.82, 2.24) is 4.90 Å². The van der Waals surface area contributed by atoms with Gasteiger partial charge in [0.25, 0.3) is 0 Å². The van der Waals surface area contributed by atoms with E-state index in [4.69, 9.17) is 9.52 Å². The van der Waals surface area contributed by atoms with E-state index in [1.807, 2.05) is 0 Å². The Morgan fingerprint density at radius 2 is 2.12 bits per heavy atom. The Morgan fingerprint density at radius 1 is 1.47 bits per heavy atom. The van der Waals surface area contributed by atoms with Crippen molar-refractivity contribution < 1.29 is 19.1 Å². The van der Waals surface area contributed by atoms with Crippen LogP contribution >= 0.6 is 0 Å². The van der Waals surface area contributed by atoms with Gasteiger partial charge in [0.2, 0.25) is 0 Å². The van der Waals surface area contributed by atoms with Gasteiger partial charge >= 0.3 is 5.97 Å². The average molecular weight is 237 g/mol. The Hall–Kier alpha value is -1.62. The van der Waals surface area contributed by atoms with Gasteiger partial charge in [0, 0.05) is 25.9 Å². The summed E-state index contributed by atoms with van der Waals surface area (Å²) in [6.07, 6.45) is 1.15. The number of aromatic carboxylic acids is 1. The van der Waals surface area contributed by atoms with Gasteiger partial charge in [-0.15, -0.1) is 0 Å². The first-order valence-corrected chi connectivity index (χ1v) is 5.63. The molecule has 0 bridgehead atoms. The molecule has 0 amide bonds. The first-order valence-electron chi connectivity index (χ1n) is 5.63. The van der Waals surface area contributed by atoms with Crippen LogP contribution in [0.2, 0.25) is 0 Å². The Bertz CT molecular complexity index is 439. The number of Topliss-reactive ketones (excluding diaryl/α,β-unsaturated/α-hetero) is 1. The molecule has 0 aliphatic carbocycles. The second kappa shape index (κ2) is 4.71. The van der Waals surface area contributed by atoms with Crippen LogP contribution in [0.25, 0.3) is 0 Å². The number of nitrogens with zero attached hydrogens (tertiary/aromatic N) is 1. The number of carboxylic acid groups (broad SMARTS) is 1. The predicted molar refractivity (Wildman–Crippen MR) is 59.9 cm³/mol. The Balaban J connectivity index is 2.01. The SMILES string of the molecule is Cc1oc(CN2CCC(=O)CC2)cc1C(=O)O. The quantitative estimate of drug-likeness (QED) is 0.861.